The molecule has 0 aromatic heterocycles. The molecule has 3 nitrogen and oxygen atoms in total. The first-order valence-electron chi connectivity index (χ1n) is 6.69. The van der Waals surface area contributed by atoms with Crippen LogP contribution >= 0.6 is 0 Å². The average molecular weight is 246 g/mol. The predicted molar refractivity (Wildman–Crippen MR) is 73.5 cm³/mol. The summed E-state index contributed by atoms with van der Waals surface area (Å²) >= 11 is 0. The molecular weight excluding hydrogens is 224 g/mol. The highest BCUT2D eigenvalue weighted by molar-refractivity contribution is 5.78. The van der Waals surface area contributed by atoms with Gasteiger partial charge >= 0.3 is 0 Å². The van der Waals surface area contributed by atoms with Gasteiger partial charge in [-0.1, -0.05) is 38.1 Å². The Morgan fingerprint density at radius 3 is 2.28 bits per heavy atom. The molecule has 1 aliphatic heterocycles. The largest absolute Gasteiger partial charge is 0.354 e. The van der Waals surface area contributed by atoms with Crippen LogP contribution in [0.1, 0.15) is 50.3 Å². The number of carbonyl (C=O) groups is 1. The van der Waals surface area contributed by atoms with E-state index in [-0.39, 0.29) is 18.0 Å². The van der Waals surface area contributed by atoms with Crippen molar-refractivity contribution in [3.63, 3.8) is 0 Å². The highest BCUT2D eigenvalue weighted by Gasteiger charge is 2.22. The van der Waals surface area contributed by atoms with Gasteiger partial charge in [0, 0.05) is 25.0 Å². The van der Waals surface area contributed by atoms with Gasteiger partial charge in [-0.25, -0.2) is 0 Å². The van der Waals surface area contributed by atoms with E-state index in [1.807, 2.05) is 0 Å². The Labute approximate surface area is 109 Å². The van der Waals surface area contributed by atoms with Gasteiger partial charge in [0.2, 0.25) is 5.91 Å². The fourth-order valence-corrected chi connectivity index (χ4v) is 2.34. The van der Waals surface area contributed by atoms with E-state index < -0.39 is 0 Å². The minimum Gasteiger partial charge on any atom is -0.354 e. The second-order valence-corrected chi connectivity index (χ2v) is 5.41. The third kappa shape index (κ3) is 3.10. The van der Waals surface area contributed by atoms with Crippen LogP contribution in [0.4, 0.5) is 0 Å². The van der Waals surface area contributed by atoms with E-state index in [4.69, 9.17) is 0 Å². The maximum Gasteiger partial charge on any atom is 0.221 e. The molecule has 1 amide bonds. The van der Waals surface area contributed by atoms with Crippen LogP contribution in [0, 0.1) is 0 Å². The lowest BCUT2D eigenvalue weighted by Crippen LogP contribution is -2.33. The predicted octanol–water partition coefficient (Wildman–Crippen LogP) is 2.35. The van der Waals surface area contributed by atoms with Crippen LogP contribution in [0.5, 0.6) is 0 Å². The number of hydrogen-bond acceptors (Lipinski definition) is 2. The molecule has 0 spiro atoms. The molecule has 2 N–H and O–H groups in total. The van der Waals surface area contributed by atoms with Crippen LogP contribution in [0.2, 0.25) is 0 Å². The summed E-state index contributed by atoms with van der Waals surface area (Å²) in [5, 5.41) is 6.34. The van der Waals surface area contributed by atoms with Crippen molar-refractivity contribution in [2.45, 2.75) is 45.2 Å². The van der Waals surface area contributed by atoms with Gasteiger partial charge < -0.3 is 10.6 Å². The first-order chi connectivity index (χ1) is 8.56. The van der Waals surface area contributed by atoms with Gasteiger partial charge in [0.1, 0.15) is 0 Å². The molecule has 1 saturated heterocycles. The molecule has 0 radical (unpaired) electrons. The highest BCUT2D eigenvalue weighted by atomic mass is 16.1. The summed E-state index contributed by atoms with van der Waals surface area (Å²) in [6.07, 6.45) is 0.592. The molecule has 2 rings (SSSR count). The number of nitrogens with one attached hydrogen (secondary N) is 2. The van der Waals surface area contributed by atoms with Gasteiger partial charge in [-0.15, -0.1) is 0 Å². The Bertz CT molecular complexity index is 411. The van der Waals surface area contributed by atoms with Crippen molar-refractivity contribution < 1.29 is 4.79 Å². The van der Waals surface area contributed by atoms with Crippen molar-refractivity contribution in [1.82, 2.24) is 10.6 Å². The molecule has 1 aliphatic rings. The lowest BCUT2D eigenvalue weighted by Gasteiger charge is -2.19. The van der Waals surface area contributed by atoms with Gasteiger partial charge in [-0.2, -0.15) is 0 Å². The molecular formula is C15H22N2O. The summed E-state index contributed by atoms with van der Waals surface area (Å²) in [7, 11) is 0. The van der Waals surface area contributed by atoms with Crippen molar-refractivity contribution in [2.24, 2.45) is 0 Å². The topological polar surface area (TPSA) is 41.1 Å². The van der Waals surface area contributed by atoms with E-state index in [0.29, 0.717) is 12.3 Å². The standard InChI is InChI=1S/C15H22N2O/c1-10(2)12-4-6-13(7-5-12)11(3)17-14-8-15(18)16-9-14/h4-7,10-11,14,17H,8-9H2,1-3H3,(H,16,18). The summed E-state index contributed by atoms with van der Waals surface area (Å²) in [5.74, 6) is 0.717. The number of rotatable bonds is 4. The normalized spacial score (nSPS) is 21.1. The first kappa shape index (κ1) is 13.1. The number of amides is 1. The lowest BCUT2D eigenvalue weighted by atomic mass is 9.99. The third-order valence-corrected chi connectivity index (χ3v) is 3.57. The molecule has 18 heavy (non-hydrogen) atoms. The van der Waals surface area contributed by atoms with E-state index in [2.05, 4.69) is 55.7 Å². The Balaban J connectivity index is 1.96. The van der Waals surface area contributed by atoms with Crippen LogP contribution in [0.25, 0.3) is 0 Å². The molecule has 2 atom stereocenters. The van der Waals surface area contributed by atoms with Crippen LogP contribution < -0.4 is 10.6 Å². The van der Waals surface area contributed by atoms with E-state index >= 15 is 0 Å². The van der Waals surface area contributed by atoms with E-state index in [9.17, 15) is 4.79 Å². The third-order valence-electron chi connectivity index (χ3n) is 3.57. The molecule has 1 aromatic carbocycles. The van der Waals surface area contributed by atoms with Crippen LogP contribution in [-0.2, 0) is 4.79 Å². The number of carbonyl (C=O) groups excluding carboxylic acids is 1. The van der Waals surface area contributed by atoms with Gasteiger partial charge in [-0.05, 0) is 24.0 Å². The number of hydrogen-bond donors (Lipinski definition) is 2. The zero-order chi connectivity index (χ0) is 13.1. The zero-order valence-corrected chi connectivity index (χ0v) is 11.4. The second kappa shape index (κ2) is 5.53. The van der Waals surface area contributed by atoms with Crippen LogP contribution in [-0.4, -0.2) is 18.5 Å². The van der Waals surface area contributed by atoms with Gasteiger partial charge in [0.25, 0.3) is 0 Å². The van der Waals surface area contributed by atoms with E-state index in [0.717, 1.165) is 6.54 Å². The maximum absolute atomic E-state index is 11.1. The summed E-state index contributed by atoms with van der Waals surface area (Å²) in [6.45, 7) is 7.29. The van der Waals surface area contributed by atoms with E-state index in [1.165, 1.54) is 11.1 Å². The number of benzene rings is 1. The van der Waals surface area contributed by atoms with Crippen molar-refractivity contribution in [1.29, 1.82) is 0 Å². The molecule has 0 aliphatic carbocycles. The minimum atomic E-state index is 0.148. The average Bonchev–Trinajstić information content (AvgIpc) is 2.75. The Kier molecular flexibility index (Phi) is 4.02. The van der Waals surface area contributed by atoms with Crippen LogP contribution in [0.15, 0.2) is 24.3 Å². The Morgan fingerprint density at radius 2 is 1.78 bits per heavy atom. The van der Waals surface area contributed by atoms with Crippen molar-refractivity contribution in [3.8, 4) is 0 Å². The van der Waals surface area contributed by atoms with Gasteiger partial charge in [0.15, 0.2) is 0 Å². The minimum absolute atomic E-state index is 0.148. The molecule has 2 unspecified atom stereocenters. The summed E-state index contributed by atoms with van der Waals surface area (Å²) in [5.41, 5.74) is 2.64. The van der Waals surface area contributed by atoms with Crippen molar-refractivity contribution >= 4 is 5.91 Å². The Hall–Kier alpha value is -1.35. The molecule has 3 heteroatoms. The molecule has 1 aromatic rings. The monoisotopic (exact) mass is 246 g/mol. The molecule has 98 valence electrons. The SMILES string of the molecule is CC(C)c1ccc(C(C)NC2CNC(=O)C2)cc1. The van der Waals surface area contributed by atoms with Crippen molar-refractivity contribution in [3.05, 3.63) is 35.4 Å². The summed E-state index contributed by atoms with van der Waals surface area (Å²) in [4.78, 5) is 11.1. The fraction of sp³-hybridized carbons (Fsp3) is 0.533. The van der Waals surface area contributed by atoms with Crippen LogP contribution in [0.3, 0.4) is 0 Å². The highest BCUT2D eigenvalue weighted by Crippen LogP contribution is 2.19. The summed E-state index contributed by atoms with van der Waals surface area (Å²) < 4.78 is 0. The fourth-order valence-electron chi connectivity index (χ4n) is 2.34. The second-order valence-electron chi connectivity index (χ2n) is 5.41. The molecule has 0 saturated carbocycles. The smallest absolute Gasteiger partial charge is 0.221 e. The molecule has 0 bridgehead atoms. The van der Waals surface area contributed by atoms with Gasteiger partial charge in [0.05, 0.1) is 0 Å². The molecule has 1 fully saturated rings. The first-order valence-corrected chi connectivity index (χ1v) is 6.69. The lowest BCUT2D eigenvalue weighted by molar-refractivity contribution is -0.119. The van der Waals surface area contributed by atoms with Crippen molar-refractivity contribution in [2.75, 3.05) is 6.54 Å². The van der Waals surface area contributed by atoms with E-state index in [1.54, 1.807) is 0 Å². The maximum atomic E-state index is 11.1. The summed E-state index contributed by atoms with van der Waals surface area (Å²) in [6, 6.07) is 9.28. The quantitative estimate of drug-likeness (QED) is 0.856. The zero-order valence-electron chi connectivity index (χ0n) is 11.4. The Morgan fingerprint density at radius 1 is 1.17 bits per heavy atom. The van der Waals surface area contributed by atoms with Gasteiger partial charge in [-0.3, -0.25) is 4.79 Å². The molecule has 1 heterocycles.